The molecule has 0 bridgehead atoms. The Bertz CT molecular complexity index is 1030. The van der Waals surface area contributed by atoms with E-state index < -0.39 is 41.7 Å². The Balaban J connectivity index is 1.95. The lowest BCUT2D eigenvalue weighted by Gasteiger charge is -2.43. The average Bonchev–Trinajstić information content (AvgIpc) is 2.69. The molecule has 3 rings (SSSR count). The van der Waals surface area contributed by atoms with E-state index in [4.69, 9.17) is 5.11 Å². The normalized spacial score (nSPS) is 17.6. The van der Waals surface area contributed by atoms with Crippen molar-refractivity contribution in [1.82, 2.24) is 0 Å². The number of benzene rings is 2. The van der Waals surface area contributed by atoms with E-state index in [9.17, 15) is 27.2 Å². The Labute approximate surface area is 188 Å². The van der Waals surface area contributed by atoms with Crippen molar-refractivity contribution < 1.29 is 37.0 Å². The zero-order valence-electron chi connectivity index (χ0n) is 18.0. The largest absolute Gasteiger partial charge is 0.481 e. The Morgan fingerprint density at radius 1 is 1.15 bits per heavy atom. The molecule has 2 aromatic rings. The van der Waals surface area contributed by atoms with Crippen LogP contribution in [0, 0.1) is 17.6 Å². The number of aliphatic carboxylic acids is 1. The molecular formula is C23H24F4N2O4. The van der Waals surface area contributed by atoms with Gasteiger partial charge in [0.2, 0.25) is 0 Å². The minimum Gasteiger partial charge on any atom is -0.481 e. The topological polar surface area (TPSA) is 78.9 Å². The van der Waals surface area contributed by atoms with Gasteiger partial charge in [0.1, 0.15) is 0 Å². The number of carboxylic acid groups (broad SMARTS) is 1. The molecule has 1 aliphatic carbocycles. The van der Waals surface area contributed by atoms with Crippen molar-refractivity contribution >= 4 is 23.4 Å². The summed E-state index contributed by atoms with van der Waals surface area (Å²) in [5.74, 6) is -4.48. The zero-order chi connectivity index (χ0) is 24.3. The second-order valence-electron chi connectivity index (χ2n) is 8.24. The second kappa shape index (κ2) is 10.1. The van der Waals surface area contributed by atoms with Crippen molar-refractivity contribution in [3.05, 3.63) is 53.6 Å². The predicted octanol–water partition coefficient (Wildman–Crippen LogP) is 5.98. The van der Waals surface area contributed by atoms with Crippen molar-refractivity contribution in [1.29, 1.82) is 0 Å². The number of nitrogens with zero attached hydrogens (tertiary/aromatic N) is 1. The fourth-order valence-corrected chi connectivity index (χ4v) is 3.99. The molecule has 33 heavy (non-hydrogen) atoms. The van der Waals surface area contributed by atoms with Gasteiger partial charge in [0.25, 0.3) is 0 Å². The first-order chi connectivity index (χ1) is 15.6. The van der Waals surface area contributed by atoms with E-state index in [1.165, 1.54) is 4.90 Å². The van der Waals surface area contributed by atoms with E-state index >= 15 is 0 Å². The predicted molar refractivity (Wildman–Crippen MR) is 114 cm³/mol. The summed E-state index contributed by atoms with van der Waals surface area (Å²) < 4.78 is 57.2. The SMILES string of the molecule is CC(C)c1ccccc1N(C(=O)Nc1cc(F)c(F)cc1OC(F)F)[C@H]1C[C@@H](CC(=O)O)C1. The van der Waals surface area contributed by atoms with Gasteiger partial charge in [-0.2, -0.15) is 8.78 Å². The summed E-state index contributed by atoms with van der Waals surface area (Å²) in [5, 5.41) is 11.4. The monoisotopic (exact) mass is 468 g/mol. The van der Waals surface area contributed by atoms with Gasteiger partial charge < -0.3 is 15.2 Å². The van der Waals surface area contributed by atoms with Crippen LogP contribution < -0.4 is 15.0 Å². The maximum Gasteiger partial charge on any atom is 0.387 e. The third kappa shape index (κ3) is 5.74. The van der Waals surface area contributed by atoms with Crippen LogP contribution >= 0.6 is 0 Å². The third-order valence-corrected chi connectivity index (χ3v) is 5.56. The van der Waals surface area contributed by atoms with Crippen LogP contribution in [0.3, 0.4) is 0 Å². The quantitative estimate of drug-likeness (QED) is 0.467. The zero-order valence-corrected chi connectivity index (χ0v) is 18.0. The summed E-state index contributed by atoms with van der Waals surface area (Å²) in [4.78, 5) is 25.8. The van der Waals surface area contributed by atoms with Crippen LogP contribution in [-0.2, 0) is 4.79 Å². The van der Waals surface area contributed by atoms with E-state index in [2.05, 4.69) is 10.1 Å². The van der Waals surface area contributed by atoms with Gasteiger partial charge in [0.05, 0.1) is 5.69 Å². The molecule has 1 aliphatic rings. The summed E-state index contributed by atoms with van der Waals surface area (Å²) in [6, 6.07) is 7.01. The highest BCUT2D eigenvalue weighted by atomic mass is 19.3. The Morgan fingerprint density at radius 3 is 2.39 bits per heavy atom. The minimum atomic E-state index is -3.31. The van der Waals surface area contributed by atoms with Gasteiger partial charge in [0.15, 0.2) is 17.4 Å². The van der Waals surface area contributed by atoms with Gasteiger partial charge in [0, 0.05) is 30.3 Å². The van der Waals surface area contributed by atoms with Crippen molar-refractivity contribution in [3.8, 4) is 5.75 Å². The molecule has 0 atom stereocenters. The molecule has 0 unspecified atom stereocenters. The molecule has 2 amide bonds. The van der Waals surface area contributed by atoms with Gasteiger partial charge in [-0.3, -0.25) is 9.69 Å². The number of urea groups is 1. The first-order valence-corrected chi connectivity index (χ1v) is 10.4. The number of alkyl halides is 2. The van der Waals surface area contributed by atoms with E-state index in [0.29, 0.717) is 30.7 Å². The lowest BCUT2D eigenvalue weighted by Crippen LogP contribution is -2.50. The molecule has 2 aromatic carbocycles. The smallest absolute Gasteiger partial charge is 0.387 e. The molecule has 0 spiro atoms. The highest BCUT2D eigenvalue weighted by Crippen LogP contribution is 2.40. The lowest BCUT2D eigenvalue weighted by molar-refractivity contribution is -0.138. The van der Waals surface area contributed by atoms with Crippen LogP contribution in [0.1, 0.15) is 44.6 Å². The third-order valence-electron chi connectivity index (χ3n) is 5.56. The molecule has 0 aromatic heterocycles. The number of halogens is 4. The number of anilines is 2. The van der Waals surface area contributed by atoms with Crippen LogP contribution in [0.4, 0.5) is 33.7 Å². The van der Waals surface area contributed by atoms with Crippen LogP contribution in [-0.4, -0.2) is 29.8 Å². The number of nitrogens with one attached hydrogen (secondary N) is 1. The van der Waals surface area contributed by atoms with E-state index in [1.54, 1.807) is 12.1 Å². The summed E-state index contributed by atoms with van der Waals surface area (Å²) in [7, 11) is 0. The number of carbonyl (C=O) groups is 2. The maximum atomic E-state index is 13.8. The Hall–Kier alpha value is -3.30. The summed E-state index contributed by atoms with van der Waals surface area (Å²) >= 11 is 0. The van der Waals surface area contributed by atoms with Gasteiger partial charge >= 0.3 is 18.6 Å². The van der Waals surface area contributed by atoms with Crippen molar-refractivity contribution in [2.75, 3.05) is 10.2 Å². The molecule has 10 heteroatoms. The number of hydrogen-bond acceptors (Lipinski definition) is 3. The number of hydrogen-bond donors (Lipinski definition) is 2. The standard InChI is InChI=1S/C23H24F4N2O4/c1-12(2)15-5-3-4-6-19(15)29(14-7-13(8-14)9-21(30)31)23(32)28-18-10-16(24)17(25)11-20(18)33-22(26)27/h3-6,10-14,22H,7-9H2,1-2H3,(H,28,32)(H,30,31)/t13-,14+. The Kier molecular flexibility index (Phi) is 7.45. The molecule has 0 radical (unpaired) electrons. The van der Waals surface area contributed by atoms with Crippen molar-refractivity contribution in [3.63, 3.8) is 0 Å². The molecule has 1 saturated carbocycles. The van der Waals surface area contributed by atoms with E-state index in [-0.39, 0.29) is 24.3 Å². The molecule has 1 fully saturated rings. The molecule has 6 nitrogen and oxygen atoms in total. The highest BCUT2D eigenvalue weighted by Gasteiger charge is 2.39. The maximum absolute atomic E-state index is 13.8. The number of para-hydroxylation sites is 1. The van der Waals surface area contributed by atoms with Crippen molar-refractivity contribution in [2.24, 2.45) is 5.92 Å². The Morgan fingerprint density at radius 2 is 1.79 bits per heavy atom. The van der Waals surface area contributed by atoms with Crippen LogP contribution in [0.5, 0.6) is 5.75 Å². The van der Waals surface area contributed by atoms with Gasteiger partial charge in [-0.1, -0.05) is 32.0 Å². The van der Waals surface area contributed by atoms with Crippen LogP contribution in [0.2, 0.25) is 0 Å². The lowest BCUT2D eigenvalue weighted by atomic mass is 9.77. The number of carbonyl (C=O) groups excluding carboxylic acids is 1. The molecular weight excluding hydrogens is 444 g/mol. The number of carboxylic acids is 1. The first-order valence-electron chi connectivity index (χ1n) is 10.4. The molecule has 0 saturated heterocycles. The fraction of sp³-hybridized carbons (Fsp3) is 0.391. The van der Waals surface area contributed by atoms with Gasteiger partial charge in [-0.25, -0.2) is 13.6 Å². The number of ether oxygens (including phenoxy) is 1. The van der Waals surface area contributed by atoms with E-state index in [1.807, 2.05) is 26.0 Å². The molecule has 178 valence electrons. The fourth-order valence-electron chi connectivity index (χ4n) is 3.99. The van der Waals surface area contributed by atoms with Gasteiger partial charge in [-0.05, 0) is 36.3 Å². The van der Waals surface area contributed by atoms with E-state index in [0.717, 1.165) is 5.56 Å². The first kappa shape index (κ1) is 24.3. The molecule has 0 aliphatic heterocycles. The summed E-state index contributed by atoms with van der Waals surface area (Å²) in [6.07, 6.45) is 0.808. The van der Waals surface area contributed by atoms with Crippen LogP contribution in [0.25, 0.3) is 0 Å². The molecule has 0 heterocycles. The average molecular weight is 468 g/mol. The van der Waals surface area contributed by atoms with Gasteiger partial charge in [-0.15, -0.1) is 0 Å². The van der Waals surface area contributed by atoms with Crippen molar-refractivity contribution in [2.45, 2.75) is 51.7 Å². The summed E-state index contributed by atoms with van der Waals surface area (Å²) in [5.41, 5.74) is 0.944. The van der Waals surface area contributed by atoms with Crippen LogP contribution in [0.15, 0.2) is 36.4 Å². The minimum absolute atomic E-state index is 0.0344. The molecule has 2 N–H and O–H groups in total. The number of amides is 2. The summed E-state index contributed by atoms with van der Waals surface area (Å²) in [6.45, 7) is 0.561. The second-order valence-corrected chi connectivity index (χ2v) is 8.24. The number of rotatable bonds is 8. The highest BCUT2D eigenvalue weighted by molar-refractivity contribution is 6.03.